The molecule has 7 nitrogen and oxygen atoms in total. The van der Waals surface area contributed by atoms with Crippen LogP contribution in [0.4, 0.5) is 0 Å². The number of hydrogen-bond acceptors (Lipinski definition) is 4. The molecule has 2 aliphatic rings. The first-order valence-corrected chi connectivity index (χ1v) is 11.7. The summed E-state index contributed by atoms with van der Waals surface area (Å²) in [7, 11) is 3.40. The molecule has 1 heterocycles. The van der Waals surface area contributed by atoms with E-state index in [0.29, 0.717) is 25.0 Å². The van der Waals surface area contributed by atoms with Gasteiger partial charge in [0.25, 0.3) is 0 Å². The van der Waals surface area contributed by atoms with Crippen LogP contribution in [0.15, 0.2) is 23.2 Å². The van der Waals surface area contributed by atoms with Crippen molar-refractivity contribution in [2.75, 3.05) is 33.8 Å². The van der Waals surface area contributed by atoms with E-state index in [1.165, 1.54) is 12.8 Å². The van der Waals surface area contributed by atoms with E-state index >= 15 is 0 Å². The number of amides is 1. The highest BCUT2D eigenvalue weighted by molar-refractivity contribution is 5.80. The third-order valence-electron chi connectivity index (χ3n) is 6.24. The molecule has 1 aromatic carbocycles. The molecule has 0 radical (unpaired) electrons. The quantitative estimate of drug-likeness (QED) is 0.489. The number of nitrogens with one attached hydrogen (secondary N) is 2. The molecule has 1 saturated heterocycles. The number of benzene rings is 1. The zero-order chi connectivity index (χ0) is 22.1. The van der Waals surface area contributed by atoms with Crippen LogP contribution in [-0.2, 0) is 11.3 Å². The molecule has 7 heteroatoms. The molecule has 0 spiro atoms. The summed E-state index contributed by atoms with van der Waals surface area (Å²) in [5.41, 5.74) is 1.10. The van der Waals surface area contributed by atoms with Gasteiger partial charge in [-0.15, -0.1) is 0 Å². The van der Waals surface area contributed by atoms with Crippen molar-refractivity contribution < 1.29 is 14.3 Å². The summed E-state index contributed by atoms with van der Waals surface area (Å²) in [6, 6.07) is 6.13. The summed E-state index contributed by atoms with van der Waals surface area (Å²) in [4.78, 5) is 18.8. The number of nitrogens with zero attached hydrogens (tertiary/aromatic N) is 2. The Hall–Kier alpha value is -2.44. The van der Waals surface area contributed by atoms with Crippen molar-refractivity contribution in [1.82, 2.24) is 15.5 Å². The molecule has 1 aliphatic carbocycles. The second kappa shape index (κ2) is 11.8. The number of hydrogen-bond donors (Lipinski definition) is 2. The van der Waals surface area contributed by atoms with Crippen molar-refractivity contribution >= 4 is 11.9 Å². The van der Waals surface area contributed by atoms with E-state index in [4.69, 9.17) is 14.5 Å². The Morgan fingerprint density at radius 2 is 1.90 bits per heavy atom. The van der Waals surface area contributed by atoms with Crippen LogP contribution < -0.4 is 20.1 Å². The average molecular weight is 431 g/mol. The molecule has 1 saturated carbocycles. The van der Waals surface area contributed by atoms with Crippen LogP contribution in [0.5, 0.6) is 11.5 Å². The highest BCUT2D eigenvalue weighted by Crippen LogP contribution is 2.32. The lowest BCUT2D eigenvalue weighted by Gasteiger charge is -2.34. The Bertz CT molecular complexity index is 738. The summed E-state index contributed by atoms with van der Waals surface area (Å²) in [5.74, 6) is 3.13. The Morgan fingerprint density at radius 1 is 1.16 bits per heavy atom. The third kappa shape index (κ3) is 6.77. The number of carbonyl (C=O) groups excluding carboxylic acids is 1. The topological polar surface area (TPSA) is 75.2 Å². The fraction of sp³-hybridized carbons (Fsp3) is 0.667. The number of aliphatic imine (C=N–C) groups is 1. The molecule has 1 amide bonds. The predicted molar refractivity (Wildman–Crippen MR) is 124 cm³/mol. The van der Waals surface area contributed by atoms with E-state index in [9.17, 15) is 4.79 Å². The lowest BCUT2D eigenvalue weighted by molar-refractivity contribution is -0.121. The van der Waals surface area contributed by atoms with Gasteiger partial charge in [-0.2, -0.15) is 0 Å². The molecule has 0 unspecified atom stereocenters. The summed E-state index contributed by atoms with van der Waals surface area (Å²) in [6.07, 6.45) is 7.70. The van der Waals surface area contributed by atoms with E-state index in [0.717, 1.165) is 68.3 Å². The second-order valence-electron chi connectivity index (χ2n) is 8.49. The van der Waals surface area contributed by atoms with Gasteiger partial charge in [0.1, 0.15) is 0 Å². The number of rotatable bonds is 8. The maximum atomic E-state index is 11.6. The van der Waals surface area contributed by atoms with Gasteiger partial charge in [0, 0.05) is 33.1 Å². The van der Waals surface area contributed by atoms with Gasteiger partial charge in [-0.1, -0.05) is 6.07 Å². The van der Waals surface area contributed by atoms with Gasteiger partial charge in [-0.3, -0.25) is 4.79 Å². The molecule has 0 aromatic heterocycles. The molecule has 3 rings (SSSR count). The van der Waals surface area contributed by atoms with Crippen LogP contribution in [0.1, 0.15) is 57.4 Å². The fourth-order valence-corrected chi connectivity index (χ4v) is 4.40. The highest BCUT2D eigenvalue weighted by Gasteiger charge is 2.23. The first-order valence-electron chi connectivity index (χ1n) is 11.7. The van der Waals surface area contributed by atoms with E-state index < -0.39 is 0 Å². The van der Waals surface area contributed by atoms with Gasteiger partial charge in [-0.25, -0.2) is 4.99 Å². The Labute approximate surface area is 186 Å². The van der Waals surface area contributed by atoms with E-state index in [1.54, 1.807) is 14.2 Å². The molecule has 0 bridgehead atoms. The number of methoxy groups -OCH3 is 1. The lowest BCUT2D eigenvalue weighted by atomic mass is 9.93. The van der Waals surface area contributed by atoms with Crippen molar-refractivity contribution in [2.24, 2.45) is 10.9 Å². The SMILES string of the molecule is CCNC(=NCc1ccc(OC2CCCC2)c(OC)c1)N1CCC(CC(=O)NC)CC1. The monoisotopic (exact) mass is 430 g/mol. The smallest absolute Gasteiger partial charge is 0.220 e. The van der Waals surface area contributed by atoms with Crippen LogP contribution >= 0.6 is 0 Å². The van der Waals surface area contributed by atoms with E-state index in [1.807, 2.05) is 12.1 Å². The molecular formula is C24H38N4O3. The first kappa shape index (κ1) is 23.2. The molecule has 1 aromatic rings. The molecule has 2 fully saturated rings. The van der Waals surface area contributed by atoms with Crippen molar-refractivity contribution in [3.63, 3.8) is 0 Å². The fourth-order valence-electron chi connectivity index (χ4n) is 4.40. The minimum absolute atomic E-state index is 0.133. The summed E-state index contributed by atoms with van der Waals surface area (Å²) < 4.78 is 11.7. The second-order valence-corrected chi connectivity index (χ2v) is 8.49. The predicted octanol–water partition coefficient (Wildman–Crippen LogP) is 3.33. The van der Waals surface area contributed by atoms with Gasteiger partial charge in [0.2, 0.25) is 5.91 Å². The summed E-state index contributed by atoms with van der Waals surface area (Å²) in [6.45, 7) is 5.34. The molecule has 172 valence electrons. The Morgan fingerprint density at radius 3 is 2.55 bits per heavy atom. The number of guanidine groups is 1. The molecule has 2 N–H and O–H groups in total. The maximum Gasteiger partial charge on any atom is 0.220 e. The summed E-state index contributed by atoms with van der Waals surface area (Å²) in [5, 5.41) is 6.15. The minimum Gasteiger partial charge on any atom is -0.493 e. The van der Waals surface area contributed by atoms with Gasteiger partial charge in [-0.05, 0) is 69.1 Å². The standard InChI is InChI=1S/C24H38N4O3/c1-4-26-24(28-13-11-18(12-14-28)16-23(29)25-2)27-17-19-9-10-21(22(15-19)30-3)31-20-7-5-6-8-20/h9-10,15,18,20H,4-8,11-14,16-17H2,1-3H3,(H,25,29)(H,26,27). The van der Waals surface area contributed by atoms with E-state index in [2.05, 4.69) is 28.5 Å². The van der Waals surface area contributed by atoms with Gasteiger partial charge in [0.15, 0.2) is 17.5 Å². The maximum absolute atomic E-state index is 11.6. The zero-order valence-electron chi connectivity index (χ0n) is 19.3. The minimum atomic E-state index is 0.133. The van der Waals surface area contributed by atoms with Crippen LogP contribution in [0.3, 0.4) is 0 Å². The summed E-state index contributed by atoms with van der Waals surface area (Å²) >= 11 is 0. The molecular weight excluding hydrogens is 392 g/mol. The van der Waals surface area contributed by atoms with Crippen molar-refractivity contribution in [3.05, 3.63) is 23.8 Å². The van der Waals surface area contributed by atoms with Crippen molar-refractivity contribution in [1.29, 1.82) is 0 Å². The van der Waals surface area contributed by atoms with Crippen LogP contribution in [-0.4, -0.2) is 56.7 Å². The number of piperidine rings is 1. The Balaban J connectivity index is 1.60. The molecule has 1 aliphatic heterocycles. The van der Waals surface area contributed by atoms with E-state index in [-0.39, 0.29) is 5.91 Å². The Kier molecular flexibility index (Phi) is 8.85. The largest absolute Gasteiger partial charge is 0.493 e. The van der Waals surface area contributed by atoms with Crippen molar-refractivity contribution in [2.45, 2.75) is 64.5 Å². The van der Waals surface area contributed by atoms with Crippen LogP contribution in [0.25, 0.3) is 0 Å². The number of ether oxygens (including phenoxy) is 2. The molecule has 0 atom stereocenters. The highest BCUT2D eigenvalue weighted by atomic mass is 16.5. The normalized spacial score (nSPS) is 18.2. The lowest BCUT2D eigenvalue weighted by Crippen LogP contribution is -2.46. The zero-order valence-corrected chi connectivity index (χ0v) is 19.3. The van der Waals surface area contributed by atoms with Gasteiger partial charge >= 0.3 is 0 Å². The van der Waals surface area contributed by atoms with Crippen LogP contribution in [0.2, 0.25) is 0 Å². The van der Waals surface area contributed by atoms with Crippen LogP contribution in [0, 0.1) is 5.92 Å². The van der Waals surface area contributed by atoms with Gasteiger partial charge in [0.05, 0.1) is 19.8 Å². The molecule has 31 heavy (non-hydrogen) atoms. The van der Waals surface area contributed by atoms with Crippen molar-refractivity contribution in [3.8, 4) is 11.5 Å². The number of likely N-dealkylation sites (tertiary alicyclic amines) is 1. The third-order valence-corrected chi connectivity index (χ3v) is 6.24. The van der Waals surface area contributed by atoms with Gasteiger partial charge < -0.3 is 25.0 Å². The first-order chi connectivity index (χ1) is 15.1. The average Bonchev–Trinajstić information content (AvgIpc) is 3.31. The number of carbonyl (C=O) groups is 1.